The van der Waals surface area contributed by atoms with Gasteiger partial charge < -0.3 is 0 Å². The molecule has 6 aromatic rings. The fourth-order valence-corrected chi connectivity index (χ4v) is 5.05. The molecule has 0 amide bonds. The van der Waals surface area contributed by atoms with Crippen molar-refractivity contribution in [3.63, 3.8) is 0 Å². The molecule has 0 atom stereocenters. The van der Waals surface area contributed by atoms with E-state index in [1.807, 2.05) is 18.2 Å². The van der Waals surface area contributed by atoms with Crippen molar-refractivity contribution in [1.29, 1.82) is 0 Å². The van der Waals surface area contributed by atoms with Gasteiger partial charge in [0.05, 0.1) is 17.0 Å². The number of benzene rings is 4. The highest BCUT2D eigenvalue weighted by molar-refractivity contribution is 7.15. The number of fused-ring (bicyclic) bond motifs is 1. The van der Waals surface area contributed by atoms with E-state index in [2.05, 4.69) is 125 Å². The summed E-state index contributed by atoms with van der Waals surface area (Å²) in [6.45, 7) is 0. The number of thiazole rings is 1. The maximum Gasteiger partial charge on any atom is 0.194 e. The SMILES string of the molecule is C(=C(c1ccccc1)c1ccccc1)=C(c1ccccc1)c1c(-c2ccccc2)nc2sccn12. The van der Waals surface area contributed by atoms with E-state index < -0.39 is 0 Å². The highest BCUT2D eigenvalue weighted by Crippen LogP contribution is 2.35. The molecule has 2 aromatic heterocycles. The van der Waals surface area contributed by atoms with Gasteiger partial charge in [0, 0.05) is 22.7 Å². The molecule has 166 valence electrons. The van der Waals surface area contributed by atoms with Crippen molar-refractivity contribution in [2.75, 3.05) is 0 Å². The van der Waals surface area contributed by atoms with Crippen LogP contribution >= 0.6 is 11.3 Å². The molecular weight excluding hydrogens is 444 g/mol. The van der Waals surface area contributed by atoms with Gasteiger partial charge in [-0.05, 0) is 16.7 Å². The van der Waals surface area contributed by atoms with Crippen LogP contribution in [0.4, 0.5) is 0 Å². The lowest BCUT2D eigenvalue weighted by Crippen LogP contribution is -1.96. The van der Waals surface area contributed by atoms with E-state index in [0.717, 1.165) is 49.7 Å². The lowest BCUT2D eigenvalue weighted by atomic mass is 9.94. The van der Waals surface area contributed by atoms with Gasteiger partial charge in [0.25, 0.3) is 0 Å². The zero-order valence-electron chi connectivity index (χ0n) is 19.0. The molecule has 3 heteroatoms. The van der Waals surface area contributed by atoms with Gasteiger partial charge in [0.2, 0.25) is 0 Å². The minimum Gasteiger partial charge on any atom is -0.289 e. The Morgan fingerprint density at radius 1 is 0.600 bits per heavy atom. The number of aromatic nitrogens is 2. The smallest absolute Gasteiger partial charge is 0.194 e. The molecule has 4 aromatic carbocycles. The van der Waals surface area contributed by atoms with Gasteiger partial charge in [-0.25, -0.2) is 4.98 Å². The zero-order chi connectivity index (χ0) is 23.5. The zero-order valence-corrected chi connectivity index (χ0v) is 19.8. The van der Waals surface area contributed by atoms with Gasteiger partial charge in [-0.2, -0.15) is 0 Å². The van der Waals surface area contributed by atoms with E-state index in [-0.39, 0.29) is 0 Å². The second-order valence-electron chi connectivity index (χ2n) is 8.20. The summed E-state index contributed by atoms with van der Waals surface area (Å²) in [5.74, 6) is 0. The molecule has 35 heavy (non-hydrogen) atoms. The van der Waals surface area contributed by atoms with Crippen LogP contribution < -0.4 is 0 Å². The summed E-state index contributed by atoms with van der Waals surface area (Å²) in [6.07, 6.45) is 2.10. The van der Waals surface area contributed by atoms with Crippen LogP contribution in [-0.2, 0) is 0 Å². The lowest BCUT2D eigenvalue weighted by Gasteiger charge is -2.11. The van der Waals surface area contributed by atoms with Crippen LogP contribution in [0.15, 0.2) is 139 Å². The second kappa shape index (κ2) is 9.44. The largest absolute Gasteiger partial charge is 0.289 e. The number of hydrogen-bond acceptors (Lipinski definition) is 2. The number of imidazole rings is 1. The number of rotatable bonds is 5. The quantitative estimate of drug-likeness (QED) is 0.234. The third-order valence-corrected chi connectivity index (χ3v) is 6.74. The first kappa shape index (κ1) is 21.1. The molecule has 0 saturated heterocycles. The molecule has 0 unspecified atom stereocenters. The molecule has 0 aliphatic rings. The molecule has 2 heterocycles. The van der Waals surface area contributed by atoms with E-state index in [0.29, 0.717) is 0 Å². The first-order valence-electron chi connectivity index (χ1n) is 11.6. The van der Waals surface area contributed by atoms with Gasteiger partial charge in [0.1, 0.15) is 0 Å². The predicted octanol–water partition coefficient (Wildman–Crippen LogP) is 8.23. The molecule has 0 bridgehead atoms. The average Bonchev–Trinajstić information content (AvgIpc) is 3.54. The molecular formula is C32H22N2S. The molecule has 0 aliphatic heterocycles. The second-order valence-corrected chi connectivity index (χ2v) is 9.08. The number of nitrogens with zero attached hydrogens (tertiary/aromatic N) is 2. The van der Waals surface area contributed by atoms with E-state index in [4.69, 9.17) is 4.98 Å². The molecule has 0 N–H and O–H groups in total. The third-order valence-electron chi connectivity index (χ3n) is 5.98. The van der Waals surface area contributed by atoms with Crippen molar-refractivity contribution < 1.29 is 0 Å². The Morgan fingerprint density at radius 3 is 1.63 bits per heavy atom. The maximum atomic E-state index is 5.05. The molecule has 0 radical (unpaired) electrons. The first-order chi connectivity index (χ1) is 17.4. The lowest BCUT2D eigenvalue weighted by molar-refractivity contribution is 1.19. The molecule has 6 rings (SSSR count). The Morgan fingerprint density at radius 2 is 1.09 bits per heavy atom. The predicted molar refractivity (Wildman–Crippen MR) is 146 cm³/mol. The summed E-state index contributed by atoms with van der Waals surface area (Å²) in [4.78, 5) is 6.02. The van der Waals surface area contributed by atoms with Crippen LogP contribution in [0.2, 0.25) is 0 Å². The highest BCUT2D eigenvalue weighted by Gasteiger charge is 2.20. The Balaban J connectivity index is 1.75. The van der Waals surface area contributed by atoms with Gasteiger partial charge in [-0.1, -0.05) is 121 Å². The topological polar surface area (TPSA) is 17.3 Å². The third kappa shape index (κ3) is 4.15. The van der Waals surface area contributed by atoms with Crippen LogP contribution in [0.25, 0.3) is 27.4 Å². The molecule has 2 nitrogen and oxygen atoms in total. The minimum atomic E-state index is 0.962. The van der Waals surface area contributed by atoms with E-state index in [1.165, 1.54) is 0 Å². The maximum absolute atomic E-state index is 5.05. The Labute approximate surface area is 208 Å². The van der Waals surface area contributed by atoms with Gasteiger partial charge in [0.15, 0.2) is 4.96 Å². The molecule has 0 spiro atoms. The normalized spacial score (nSPS) is 10.7. The van der Waals surface area contributed by atoms with Crippen LogP contribution in [0, 0.1) is 0 Å². The van der Waals surface area contributed by atoms with Crippen molar-refractivity contribution in [3.8, 4) is 11.3 Å². The van der Waals surface area contributed by atoms with E-state index in [9.17, 15) is 0 Å². The first-order valence-corrected chi connectivity index (χ1v) is 12.4. The summed E-state index contributed by atoms with van der Waals surface area (Å²) in [7, 11) is 0. The van der Waals surface area contributed by atoms with Crippen LogP contribution in [-0.4, -0.2) is 9.38 Å². The summed E-state index contributed by atoms with van der Waals surface area (Å²) in [5, 5.41) is 2.09. The molecule has 0 fully saturated rings. The highest BCUT2D eigenvalue weighted by atomic mass is 32.1. The van der Waals surface area contributed by atoms with E-state index in [1.54, 1.807) is 11.3 Å². The fraction of sp³-hybridized carbons (Fsp3) is 0. The van der Waals surface area contributed by atoms with Crippen LogP contribution in [0.1, 0.15) is 22.4 Å². The summed E-state index contributed by atoms with van der Waals surface area (Å²) >= 11 is 1.65. The van der Waals surface area contributed by atoms with Crippen LogP contribution in [0.5, 0.6) is 0 Å². The standard InChI is InChI=1S/C32H22N2S/c1-5-13-24(14-6-1)28(25-15-7-2-8-16-25)23-29(26-17-9-3-10-18-26)31-30(27-19-11-4-12-20-27)33-32-34(31)21-22-35-32/h1-22H. The van der Waals surface area contributed by atoms with Crippen molar-refractivity contribution in [3.05, 3.63) is 161 Å². The Bertz CT molecular complexity index is 1600. The summed E-state index contributed by atoms with van der Waals surface area (Å²) in [5.41, 5.74) is 12.4. The molecule has 0 aliphatic carbocycles. The molecule has 0 saturated carbocycles. The van der Waals surface area contributed by atoms with Crippen molar-refractivity contribution in [2.45, 2.75) is 0 Å². The van der Waals surface area contributed by atoms with Crippen LogP contribution in [0.3, 0.4) is 0 Å². The summed E-state index contributed by atoms with van der Waals surface area (Å²) in [6, 6.07) is 41.9. The monoisotopic (exact) mass is 466 g/mol. The fourth-order valence-electron chi connectivity index (χ4n) is 4.34. The van der Waals surface area contributed by atoms with Crippen molar-refractivity contribution >= 4 is 27.4 Å². The average molecular weight is 467 g/mol. The number of hydrogen-bond donors (Lipinski definition) is 0. The van der Waals surface area contributed by atoms with Gasteiger partial charge >= 0.3 is 0 Å². The Hall–Kier alpha value is -4.43. The minimum absolute atomic E-state index is 0.962. The van der Waals surface area contributed by atoms with Gasteiger partial charge in [-0.15, -0.1) is 17.1 Å². The van der Waals surface area contributed by atoms with Crippen molar-refractivity contribution in [2.24, 2.45) is 0 Å². The van der Waals surface area contributed by atoms with Gasteiger partial charge in [-0.3, -0.25) is 4.40 Å². The van der Waals surface area contributed by atoms with Crippen molar-refractivity contribution in [1.82, 2.24) is 9.38 Å². The Kier molecular flexibility index (Phi) is 5.70. The summed E-state index contributed by atoms with van der Waals surface area (Å²) < 4.78 is 2.19. The van der Waals surface area contributed by atoms with E-state index >= 15 is 0 Å².